The summed E-state index contributed by atoms with van der Waals surface area (Å²) in [5.41, 5.74) is 0. The van der Waals surface area contributed by atoms with Crippen molar-refractivity contribution in [2.45, 2.75) is 35.8 Å². The molecule has 1 aliphatic carbocycles. The fourth-order valence-corrected chi connectivity index (χ4v) is 3.73. The van der Waals surface area contributed by atoms with E-state index in [2.05, 4.69) is 0 Å². The standard InChI is InChI=1S/C13H15ClO2S/c14-10-7-3-4-8-11(10)17-12(13(15)16)9-5-1-2-6-9/h3-4,7-9,12H,1-2,5-6H2,(H,15,16). The topological polar surface area (TPSA) is 37.3 Å². The minimum absolute atomic E-state index is 0.286. The van der Waals surface area contributed by atoms with Crippen LogP contribution in [0.1, 0.15) is 25.7 Å². The van der Waals surface area contributed by atoms with E-state index in [0.717, 1.165) is 30.6 Å². The third-order valence-electron chi connectivity index (χ3n) is 3.16. The van der Waals surface area contributed by atoms with Crippen molar-refractivity contribution in [3.8, 4) is 0 Å². The van der Waals surface area contributed by atoms with Crippen LogP contribution in [0.25, 0.3) is 0 Å². The number of carboxylic acids is 1. The van der Waals surface area contributed by atoms with Gasteiger partial charge in [0, 0.05) is 4.90 Å². The van der Waals surface area contributed by atoms with Crippen LogP contribution in [0.5, 0.6) is 0 Å². The molecule has 1 saturated carbocycles. The number of hydrogen-bond acceptors (Lipinski definition) is 2. The maximum atomic E-state index is 11.3. The Morgan fingerprint density at radius 2 is 2.00 bits per heavy atom. The number of carbonyl (C=O) groups is 1. The molecular formula is C13H15ClO2S. The lowest BCUT2D eigenvalue weighted by molar-refractivity contribution is -0.137. The average molecular weight is 271 g/mol. The molecule has 1 unspecified atom stereocenters. The van der Waals surface area contributed by atoms with E-state index >= 15 is 0 Å². The molecule has 1 fully saturated rings. The highest BCUT2D eigenvalue weighted by atomic mass is 35.5. The van der Waals surface area contributed by atoms with Crippen LogP contribution in [0.4, 0.5) is 0 Å². The zero-order valence-corrected chi connectivity index (χ0v) is 11.0. The van der Waals surface area contributed by atoms with Crippen molar-refractivity contribution in [2.24, 2.45) is 5.92 Å². The van der Waals surface area contributed by atoms with Crippen LogP contribution >= 0.6 is 23.4 Å². The van der Waals surface area contributed by atoms with E-state index in [1.807, 2.05) is 18.2 Å². The predicted octanol–water partition coefficient (Wildman–Crippen LogP) is 4.08. The first-order valence-electron chi connectivity index (χ1n) is 5.82. The number of halogens is 1. The van der Waals surface area contributed by atoms with Crippen LogP contribution in [0.15, 0.2) is 29.2 Å². The van der Waals surface area contributed by atoms with Gasteiger partial charge in [0.1, 0.15) is 5.25 Å². The highest BCUT2D eigenvalue weighted by molar-refractivity contribution is 8.00. The maximum absolute atomic E-state index is 11.3. The highest BCUT2D eigenvalue weighted by Crippen LogP contribution is 2.39. The SMILES string of the molecule is O=C(O)C(Sc1ccccc1Cl)C1CCCC1. The summed E-state index contributed by atoms with van der Waals surface area (Å²) in [7, 11) is 0. The second-order valence-electron chi connectivity index (χ2n) is 4.35. The zero-order valence-electron chi connectivity index (χ0n) is 9.43. The lowest BCUT2D eigenvalue weighted by Crippen LogP contribution is -2.24. The number of rotatable bonds is 4. The molecule has 0 aliphatic heterocycles. The van der Waals surface area contributed by atoms with Gasteiger partial charge in [-0.2, -0.15) is 0 Å². The largest absolute Gasteiger partial charge is 0.480 e. The van der Waals surface area contributed by atoms with Gasteiger partial charge in [0.05, 0.1) is 5.02 Å². The van der Waals surface area contributed by atoms with Gasteiger partial charge in [0.2, 0.25) is 0 Å². The molecule has 0 saturated heterocycles. The minimum Gasteiger partial charge on any atom is -0.480 e. The lowest BCUT2D eigenvalue weighted by Gasteiger charge is -2.19. The van der Waals surface area contributed by atoms with Gasteiger partial charge >= 0.3 is 5.97 Å². The van der Waals surface area contributed by atoms with Gasteiger partial charge in [-0.05, 0) is 30.9 Å². The Morgan fingerprint density at radius 3 is 2.59 bits per heavy atom. The van der Waals surface area contributed by atoms with E-state index < -0.39 is 5.97 Å². The van der Waals surface area contributed by atoms with Crippen molar-refractivity contribution in [3.63, 3.8) is 0 Å². The molecule has 1 atom stereocenters. The van der Waals surface area contributed by atoms with Crippen LogP contribution in [-0.4, -0.2) is 16.3 Å². The number of aliphatic carboxylic acids is 1. The zero-order chi connectivity index (χ0) is 12.3. The highest BCUT2D eigenvalue weighted by Gasteiger charge is 2.31. The molecule has 17 heavy (non-hydrogen) atoms. The van der Waals surface area contributed by atoms with Crippen molar-refractivity contribution < 1.29 is 9.90 Å². The lowest BCUT2D eigenvalue weighted by atomic mass is 10.0. The van der Waals surface area contributed by atoms with Gasteiger partial charge in [-0.15, -0.1) is 11.8 Å². The summed E-state index contributed by atoms with van der Waals surface area (Å²) in [6.07, 6.45) is 4.35. The van der Waals surface area contributed by atoms with Gasteiger partial charge in [-0.25, -0.2) is 0 Å². The molecule has 1 aromatic carbocycles. The first kappa shape index (κ1) is 12.8. The van der Waals surface area contributed by atoms with Gasteiger partial charge in [0.15, 0.2) is 0 Å². The maximum Gasteiger partial charge on any atom is 0.317 e. The van der Waals surface area contributed by atoms with E-state index in [1.165, 1.54) is 11.8 Å². The average Bonchev–Trinajstić information content (AvgIpc) is 2.81. The number of carboxylic acid groups (broad SMARTS) is 1. The van der Waals surface area contributed by atoms with Crippen LogP contribution in [0.2, 0.25) is 5.02 Å². The van der Waals surface area contributed by atoms with Gasteiger partial charge < -0.3 is 5.11 Å². The third-order valence-corrected chi connectivity index (χ3v) is 5.05. The molecule has 0 amide bonds. The Morgan fingerprint density at radius 1 is 1.35 bits per heavy atom. The number of thioether (sulfide) groups is 1. The summed E-state index contributed by atoms with van der Waals surface area (Å²) in [5.74, 6) is -0.435. The van der Waals surface area contributed by atoms with Crippen molar-refractivity contribution in [3.05, 3.63) is 29.3 Å². The van der Waals surface area contributed by atoms with E-state index in [-0.39, 0.29) is 11.2 Å². The molecule has 0 aromatic heterocycles. The third kappa shape index (κ3) is 3.17. The monoisotopic (exact) mass is 270 g/mol. The van der Waals surface area contributed by atoms with Crippen molar-refractivity contribution in [1.29, 1.82) is 0 Å². The molecule has 0 heterocycles. The molecular weight excluding hydrogens is 256 g/mol. The fourth-order valence-electron chi connectivity index (χ4n) is 2.29. The Labute approximate surface area is 110 Å². The van der Waals surface area contributed by atoms with Gasteiger partial charge in [-0.1, -0.05) is 36.6 Å². The summed E-state index contributed by atoms with van der Waals surface area (Å²) in [6, 6.07) is 7.44. The van der Waals surface area contributed by atoms with Crippen LogP contribution in [-0.2, 0) is 4.79 Å². The van der Waals surface area contributed by atoms with Crippen LogP contribution in [0, 0.1) is 5.92 Å². The van der Waals surface area contributed by atoms with Crippen LogP contribution < -0.4 is 0 Å². The quantitative estimate of drug-likeness (QED) is 0.838. The van der Waals surface area contributed by atoms with Crippen LogP contribution in [0.3, 0.4) is 0 Å². The summed E-state index contributed by atoms with van der Waals surface area (Å²) in [4.78, 5) is 12.2. The Balaban J connectivity index is 2.12. The molecule has 2 rings (SSSR count). The van der Waals surface area contributed by atoms with Crippen molar-refractivity contribution in [2.75, 3.05) is 0 Å². The fraction of sp³-hybridized carbons (Fsp3) is 0.462. The summed E-state index contributed by atoms with van der Waals surface area (Å²) in [6.45, 7) is 0. The van der Waals surface area contributed by atoms with Gasteiger partial charge in [-0.3, -0.25) is 4.79 Å². The minimum atomic E-state index is -0.721. The summed E-state index contributed by atoms with van der Waals surface area (Å²) in [5, 5.41) is 9.60. The molecule has 4 heteroatoms. The van der Waals surface area contributed by atoms with Crippen molar-refractivity contribution in [1.82, 2.24) is 0 Å². The smallest absolute Gasteiger partial charge is 0.317 e. The van der Waals surface area contributed by atoms with E-state index in [1.54, 1.807) is 6.07 Å². The van der Waals surface area contributed by atoms with Gasteiger partial charge in [0.25, 0.3) is 0 Å². The molecule has 0 spiro atoms. The second-order valence-corrected chi connectivity index (χ2v) is 5.94. The summed E-state index contributed by atoms with van der Waals surface area (Å²) < 4.78 is 0. The van der Waals surface area contributed by atoms with E-state index in [0.29, 0.717) is 5.02 Å². The Kier molecular flexibility index (Phi) is 4.35. The number of hydrogen-bond donors (Lipinski definition) is 1. The molecule has 1 aliphatic rings. The first-order valence-corrected chi connectivity index (χ1v) is 7.08. The molecule has 0 radical (unpaired) electrons. The summed E-state index contributed by atoms with van der Waals surface area (Å²) >= 11 is 7.46. The molecule has 2 nitrogen and oxygen atoms in total. The predicted molar refractivity (Wildman–Crippen MR) is 70.7 cm³/mol. The Bertz CT molecular complexity index is 402. The number of benzene rings is 1. The molecule has 0 bridgehead atoms. The molecule has 92 valence electrons. The van der Waals surface area contributed by atoms with E-state index in [9.17, 15) is 9.90 Å². The molecule has 1 N–H and O–H groups in total. The molecule has 1 aromatic rings. The second kappa shape index (κ2) is 5.78. The van der Waals surface area contributed by atoms with Crippen molar-refractivity contribution >= 4 is 29.3 Å². The Hall–Kier alpha value is -0.670. The van der Waals surface area contributed by atoms with E-state index in [4.69, 9.17) is 11.6 Å². The first-order chi connectivity index (χ1) is 8.18. The normalized spacial score (nSPS) is 18.2.